The van der Waals surface area contributed by atoms with Crippen LogP contribution in [0.2, 0.25) is 5.02 Å². The van der Waals surface area contributed by atoms with Crippen molar-refractivity contribution in [2.75, 3.05) is 7.11 Å². The molecule has 0 saturated carbocycles. The summed E-state index contributed by atoms with van der Waals surface area (Å²) in [5.41, 5.74) is 0.456. The van der Waals surface area contributed by atoms with Crippen LogP contribution in [0.1, 0.15) is 25.8 Å². The number of methoxy groups -OCH3 is 1. The molecule has 39 heavy (non-hydrogen) atoms. The summed E-state index contributed by atoms with van der Waals surface area (Å²) >= 11 is 6.20. The summed E-state index contributed by atoms with van der Waals surface area (Å²) in [6.45, 7) is 3.69. The summed E-state index contributed by atoms with van der Waals surface area (Å²) in [6.07, 6.45) is 1.59. The van der Waals surface area contributed by atoms with Gasteiger partial charge in [0.15, 0.2) is 5.76 Å². The molecule has 10 nitrogen and oxygen atoms in total. The molecule has 1 atom stereocenters. The molecule has 0 aliphatic carbocycles. The van der Waals surface area contributed by atoms with Gasteiger partial charge < -0.3 is 13.9 Å². The number of fused-ring (bicyclic) bond motifs is 2. The summed E-state index contributed by atoms with van der Waals surface area (Å²) < 4.78 is 18.5. The second-order valence-electron chi connectivity index (χ2n) is 8.73. The molecular weight excluding hydrogens is 524 g/mol. The van der Waals surface area contributed by atoms with E-state index >= 15 is 0 Å². The second kappa shape index (κ2) is 10.6. The Morgan fingerprint density at radius 2 is 1.97 bits per heavy atom. The number of furan rings is 1. The molecule has 3 aromatic carbocycles. The van der Waals surface area contributed by atoms with E-state index in [1.165, 1.54) is 18.3 Å². The van der Waals surface area contributed by atoms with Crippen molar-refractivity contribution >= 4 is 45.4 Å². The number of nitro groups is 1. The van der Waals surface area contributed by atoms with Crippen molar-refractivity contribution in [2.24, 2.45) is 5.10 Å². The van der Waals surface area contributed by atoms with Gasteiger partial charge in [-0.15, -0.1) is 0 Å². The SMILES string of the molecule is CC[C@H](C)Oc1c(C=Nn2c(-c3cc4c(OC)cccc4o3)nc3ccccc3c2=O)cc(Cl)cc1[N+](=O)[O-]. The van der Waals surface area contributed by atoms with Crippen LogP contribution in [0.5, 0.6) is 11.5 Å². The van der Waals surface area contributed by atoms with Crippen LogP contribution in [0.15, 0.2) is 75.0 Å². The van der Waals surface area contributed by atoms with Gasteiger partial charge in [0.1, 0.15) is 11.3 Å². The quantitative estimate of drug-likeness (QED) is 0.125. The number of para-hydroxylation sites is 1. The molecule has 2 heterocycles. The molecule has 0 spiro atoms. The average Bonchev–Trinajstić information content (AvgIpc) is 3.37. The third-order valence-corrected chi connectivity index (χ3v) is 6.40. The fourth-order valence-electron chi connectivity index (χ4n) is 4.08. The van der Waals surface area contributed by atoms with E-state index in [4.69, 9.17) is 25.5 Å². The fraction of sp³-hybridized carbons (Fsp3) is 0.179. The zero-order chi connectivity index (χ0) is 27.7. The first kappa shape index (κ1) is 25.9. The highest BCUT2D eigenvalue weighted by atomic mass is 35.5. The molecule has 0 aliphatic heterocycles. The van der Waals surface area contributed by atoms with Gasteiger partial charge >= 0.3 is 5.69 Å². The van der Waals surface area contributed by atoms with E-state index in [1.807, 2.05) is 6.92 Å². The van der Waals surface area contributed by atoms with Gasteiger partial charge in [0, 0.05) is 16.7 Å². The van der Waals surface area contributed by atoms with E-state index in [1.54, 1.807) is 62.6 Å². The van der Waals surface area contributed by atoms with Crippen molar-refractivity contribution in [3.63, 3.8) is 0 Å². The Hall–Kier alpha value is -4.70. The first-order chi connectivity index (χ1) is 18.8. The fourth-order valence-corrected chi connectivity index (χ4v) is 4.30. The monoisotopic (exact) mass is 546 g/mol. The maximum atomic E-state index is 13.6. The van der Waals surface area contributed by atoms with E-state index in [0.29, 0.717) is 34.0 Å². The van der Waals surface area contributed by atoms with Gasteiger partial charge in [-0.2, -0.15) is 9.78 Å². The average molecular weight is 547 g/mol. The van der Waals surface area contributed by atoms with Crippen molar-refractivity contribution in [1.29, 1.82) is 0 Å². The molecule has 0 aliphatic rings. The van der Waals surface area contributed by atoms with Crippen LogP contribution in [0.4, 0.5) is 5.69 Å². The number of ether oxygens (including phenoxy) is 2. The molecule has 2 aromatic heterocycles. The van der Waals surface area contributed by atoms with E-state index in [2.05, 4.69) is 10.1 Å². The minimum absolute atomic E-state index is 0.000629. The zero-order valence-electron chi connectivity index (χ0n) is 21.3. The number of rotatable bonds is 8. The summed E-state index contributed by atoms with van der Waals surface area (Å²) in [4.78, 5) is 29.5. The lowest BCUT2D eigenvalue weighted by molar-refractivity contribution is -0.386. The Labute approximate surface area is 227 Å². The summed E-state index contributed by atoms with van der Waals surface area (Å²) in [6, 6.07) is 16.6. The maximum absolute atomic E-state index is 13.6. The van der Waals surface area contributed by atoms with E-state index in [0.717, 1.165) is 4.68 Å². The molecule has 0 saturated heterocycles. The van der Waals surface area contributed by atoms with E-state index < -0.39 is 10.5 Å². The van der Waals surface area contributed by atoms with Gasteiger partial charge in [-0.3, -0.25) is 14.9 Å². The minimum Gasteiger partial charge on any atom is -0.496 e. The molecule has 0 bridgehead atoms. The molecular formula is C28H23ClN4O6. The van der Waals surface area contributed by atoms with Gasteiger partial charge in [0.05, 0.1) is 40.6 Å². The first-order valence-corrected chi connectivity index (χ1v) is 12.5. The van der Waals surface area contributed by atoms with Crippen LogP contribution in [-0.2, 0) is 0 Å². The number of hydrogen-bond donors (Lipinski definition) is 0. The smallest absolute Gasteiger partial charge is 0.313 e. The highest BCUT2D eigenvalue weighted by molar-refractivity contribution is 6.31. The van der Waals surface area contributed by atoms with Crippen LogP contribution in [0, 0.1) is 10.1 Å². The van der Waals surface area contributed by atoms with Gasteiger partial charge in [0.25, 0.3) is 5.56 Å². The number of nitrogens with zero attached hydrogens (tertiary/aromatic N) is 4. The van der Waals surface area contributed by atoms with E-state index in [9.17, 15) is 14.9 Å². The van der Waals surface area contributed by atoms with Gasteiger partial charge in [-0.05, 0) is 49.7 Å². The first-order valence-electron chi connectivity index (χ1n) is 12.1. The lowest BCUT2D eigenvalue weighted by Crippen LogP contribution is -2.20. The maximum Gasteiger partial charge on any atom is 0.313 e. The number of aromatic nitrogens is 2. The molecule has 5 aromatic rings. The van der Waals surface area contributed by atoms with Crippen molar-refractivity contribution in [2.45, 2.75) is 26.4 Å². The molecule has 5 rings (SSSR count). The van der Waals surface area contributed by atoms with E-state index in [-0.39, 0.29) is 39.7 Å². The Bertz CT molecular complexity index is 1810. The molecule has 0 radical (unpaired) electrons. The Kier molecular flexibility index (Phi) is 7.03. The normalized spacial score (nSPS) is 12.3. The topological polar surface area (TPSA) is 122 Å². The second-order valence-corrected chi connectivity index (χ2v) is 9.17. The predicted octanol–water partition coefficient (Wildman–Crippen LogP) is 6.44. The van der Waals surface area contributed by atoms with Crippen molar-refractivity contribution in [1.82, 2.24) is 9.66 Å². The number of benzene rings is 3. The number of nitro benzene ring substituents is 1. The lowest BCUT2D eigenvalue weighted by Gasteiger charge is -2.15. The lowest BCUT2D eigenvalue weighted by atomic mass is 10.1. The van der Waals surface area contributed by atoms with Crippen LogP contribution in [-0.4, -0.2) is 34.0 Å². The summed E-state index contributed by atoms with van der Waals surface area (Å²) in [5, 5.41) is 17.3. The van der Waals surface area contributed by atoms with Crippen LogP contribution >= 0.6 is 11.6 Å². The van der Waals surface area contributed by atoms with Crippen molar-refractivity contribution < 1.29 is 18.8 Å². The Balaban J connectivity index is 1.74. The minimum atomic E-state index is -0.572. The van der Waals surface area contributed by atoms with Crippen LogP contribution in [0.25, 0.3) is 33.5 Å². The van der Waals surface area contributed by atoms with Crippen molar-refractivity contribution in [3.05, 3.63) is 91.7 Å². The third-order valence-electron chi connectivity index (χ3n) is 6.18. The summed E-state index contributed by atoms with van der Waals surface area (Å²) in [7, 11) is 1.55. The number of halogens is 1. The molecule has 0 fully saturated rings. The summed E-state index contributed by atoms with van der Waals surface area (Å²) in [5.74, 6) is 1.01. The molecule has 0 unspecified atom stereocenters. The standard InChI is InChI=1S/C28H23ClN4O6/c1-4-16(2)38-26-17(12-18(29)13-22(26)33(35)36)15-30-32-27(31-21-9-6-5-8-19(21)28(32)34)25-14-20-23(37-3)10-7-11-24(20)39-25/h5-16H,4H2,1-3H3/t16-/m0/s1. The van der Waals surface area contributed by atoms with Gasteiger partial charge in [-0.1, -0.05) is 36.7 Å². The Morgan fingerprint density at radius 1 is 1.18 bits per heavy atom. The zero-order valence-corrected chi connectivity index (χ0v) is 22.0. The largest absolute Gasteiger partial charge is 0.496 e. The highest BCUT2D eigenvalue weighted by Crippen LogP contribution is 2.35. The van der Waals surface area contributed by atoms with Crippen molar-refractivity contribution in [3.8, 4) is 23.1 Å². The molecule has 198 valence electrons. The third kappa shape index (κ3) is 4.94. The van der Waals surface area contributed by atoms with Crippen LogP contribution in [0.3, 0.4) is 0 Å². The highest BCUT2D eigenvalue weighted by Gasteiger charge is 2.23. The van der Waals surface area contributed by atoms with Gasteiger partial charge in [-0.25, -0.2) is 4.98 Å². The molecule has 11 heteroatoms. The molecule has 0 amide bonds. The number of hydrogen-bond acceptors (Lipinski definition) is 8. The molecule has 0 N–H and O–H groups in total. The Morgan fingerprint density at radius 3 is 2.72 bits per heavy atom. The predicted molar refractivity (Wildman–Crippen MR) is 149 cm³/mol. The van der Waals surface area contributed by atoms with Crippen LogP contribution < -0.4 is 15.0 Å². The van der Waals surface area contributed by atoms with Gasteiger partial charge in [0.2, 0.25) is 11.6 Å².